The Morgan fingerprint density at radius 1 is 1.39 bits per heavy atom. The van der Waals surface area contributed by atoms with Crippen LogP contribution in [0.25, 0.3) is 0 Å². The number of hydrogen-bond donors (Lipinski definition) is 1. The fraction of sp³-hybridized carbons (Fsp3) is 0.417. The molecule has 0 aliphatic carbocycles. The first-order valence-corrected chi connectivity index (χ1v) is 6.50. The number of aliphatic hydroxyl groups is 1. The van der Waals surface area contributed by atoms with Gasteiger partial charge in [0, 0.05) is 12.2 Å². The summed E-state index contributed by atoms with van der Waals surface area (Å²) < 4.78 is 2.56. The molecule has 96 valence electrons. The highest BCUT2D eigenvalue weighted by atomic mass is 79.9. The molecule has 0 aromatic carbocycles. The van der Waals surface area contributed by atoms with Gasteiger partial charge in [-0.25, -0.2) is 9.97 Å². The van der Waals surface area contributed by atoms with Crippen LogP contribution in [0, 0.1) is 6.92 Å². The Bertz CT molecular complexity index is 553. The summed E-state index contributed by atoms with van der Waals surface area (Å²) in [5.41, 5.74) is 1.29. The van der Waals surface area contributed by atoms with Crippen molar-refractivity contribution in [1.29, 1.82) is 0 Å². The average molecular weight is 311 g/mol. The molecule has 1 unspecified atom stereocenters. The summed E-state index contributed by atoms with van der Waals surface area (Å²) in [6, 6.07) is 1.88. The monoisotopic (exact) mass is 310 g/mol. The van der Waals surface area contributed by atoms with Crippen LogP contribution in [0.3, 0.4) is 0 Å². The van der Waals surface area contributed by atoms with Gasteiger partial charge in [0.2, 0.25) is 0 Å². The van der Waals surface area contributed by atoms with Crippen molar-refractivity contribution in [3.63, 3.8) is 0 Å². The number of halogens is 1. The maximum Gasteiger partial charge on any atom is 0.139 e. The van der Waals surface area contributed by atoms with E-state index in [4.69, 9.17) is 0 Å². The van der Waals surface area contributed by atoms with E-state index >= 15 is 0 Å². The van der Waals surface area contributed by atoms with Crippen molar-refractivity contribution in [2.24, 2.45) is 0 Å². The molecule has 18 heavy (non-hydrogen) atoms. The molecule has 0 saturated heterocycles. The maximum absolute atomic E-state index is 10.4. The lowest BCUT2D eigenvalue weighted by atomic mass is 10.1. The molecule has 1 N–H and O–H groups in total. The third-order valence-corrected chi connectivity index (χ3v) is 3.22. The molecular formula is C12H15BrN4O. The number of aryl methyl sites for hydroxylation is 1. The highest BCUT2D eigenvalue weighted by molar-refractivity contribution is 9.10. The molecule has 0 amide bonds. The van der Waals surface area contributed by atoms with Gasteiger partial charge in [-0.3, -0.25) is 4.68 Å². The summed E-state index contributed by atoms with van der Waals surface area (Å²) in [5.74, 6) is 0.637. The lowest BCUT2D eigenvalue weighted by molar-refractivity contribution is 0.199. The summed E-state index contributed by atoms with van der Waals surface area (Å²) in [6.07, 6.45) is 2.52. The zero-order valence-electron chi connectivity index (χ0n) is 10.5. The van der Waals surface area contributed by atoms with Crippen molar-refractivity contribution in [3.05, 3.63) is 40.1 Å². The smallest absolute Gasteiger partial charge is 0.139 e. The molecule has 0 saturated carbocycles. The third kappa shape index (κ3) is 2.44. The lowest BCUT2D eigenvalue weighted by Gasteiger charge is -2.16. The molecule has 1 atom stereocenters. The Morgan fingerprint density at radius 2 is 2.11 bits per heavy atom. The summed E-state index contributed by atoms with van der Waals surface area (Å²) in [7, 11) is 0. The van der Waals surface area contributed by atoms with Crippen LogP contribution in [0.15, 0.2) is 22.9 Å². The minimum Gasteiger partial charge on any atom is -0.380 e. The predicted molar refractivity (Wildman–Crippen MR) is 71.1 cm³/mol. The highest BCUT2D eigenvalue weighted by Gasteiger charge is 2.22. The second-order valence-electron chi connectivity index (χ2n) is 4.35. The van der Waals surface area contributed by atoms with Crippen LogP contribution in [-0.2, 0) is 0 Å². The van der Waals surface area contributed by atoms with E-state index in [1.807, 2.05) is 13.8 Å². The summed E-state index contributed by atoms with van der Waals surface area (Å²) in [6.45, 7) is 5.83. The molecule has 2 aromatic heterocycles. The van der Waals surface area contributed by atoms with Crippen LogP contribution < -0.4 is 0 Å². The predicted octanol–water partition coefficient (Wildman–Crippen LogP) is 2.41. The number of hydrogen-bond acceptors (Lipinski definition) is 4. The quantitative estimate of drug-likeness (QED) is 0.945. The van der Waals surface area contributed by atoms with Crippen molar-refractivity contribution >= 4 is 15.9 Å². The van der Waals surface area contributed by atoms with Gasteiger partial charge in [-0.1, -0.05) is 0 Å². The second-order valence-corrected chi connectivity index (χ2v) is 5.20. The van der Waals surface area contributed by atoms with Crippen molar-refractivity contribution in [2.45, 2.75) is 32.9 Å². The van der Waals surface area contributed by atoms with Crippen LogP contribution in [0.1, 0.15) is 43.2 Å². The van der Waals surface area contributed by atoms with Gasteiger partial charge in [-0.15, -0.1) is 0 Å². The topological polar surface area (TPSA) is 63.8 Å². The average Bonchev–Trinajstić information content (AvgIpc) is 2.70. The molecule has 0 spiro atoms. The third-order valence-electron chi connectivity index (χ3n) is 2.61. The normalized spacial score (nSPS) is 13.0. The van der Waals surface area contributed by atoms with E-state index in [1.165, 1.54) is 0 Å². The molecule has 2 heterocycles. The van der Waals surface area contributed by atoms with Crippen molar-refractivity contribution < 1.29 is 5.11 Å². The van der Waals surface area contributed by atoms with Crippen LogP contribution in [0.4, 0.5) is 0 Å². The Morgan fingerprint density at radius 3 is 2.72 bits per heavy atom. The second kappa shape index (κ2) is 5.16. The molecule has 0 bridgehead atoms. The van der Waals surface area contributed by atoms with E-state index in [0.717, 1.165) is 4.47 Å². The molecule has 0 aliphatic heterocycles. The van der Waals surface area contributed by atoms with E-state index in [-0.39, 0.29) is 6.04 Å². The molecule has 0 aliphatic rings. The van der Waals surface area contributed by atoms with Gasteiger partial charge in [0.15, 0.2) is 0 Å². The minimum atomic E-state index is -0.814. The van der Waals surface area contributed by atoms with E-state index in [9.17, 15) is 5.11 Å². The molecular weight excluding hydrogens is 296 g/mol. The Labute approximate surface area is 114 Å². The van der Waals surface area contributed by atoms with E-state index < -0.39 is 6.10 Å². The maximum atomic E-state index is 10.4. The highest BCUT2D eigenvalue weighted by Crippen LogP contribution is 2.29. The largest absolute Gasteiger partial charge is 0.380 e. The van der Waals surface area contributed by atoms with Gasteiger partial charge in [0.25, 0.3) is 0 Å². The van der Waals surface area contributed by atoms with E-state index in [1.54, 1.807) is 30.1 Å². The lowest BCUT2D eigenvalue weighted by Crippen LogP contribution is -2.14. The molecule has 2 rings (SSSR count). The first kappa shape index (κ1) is 13.2. The number of rotatable bonds is 3. The van der Waals surface area contributed by atoms with Crippen LogP contribution in [0.2, 0.25) is 0 Å². The zero-order valence-corrected chi connectivity index (χ0v) is 12.1. The van der Waals surface area contributed by atoms with Crippen LogP contribution in [0.5, 0.6) is 0 Å². The van der Waals surface area contributed by atoms with Crippen molar-refractivity contribution in [1.82, 2.24) is 19.7 Å². The Balaban J connectivity index is 2.45. The fourth-order valence-electron chi connectivity index (χ4n) is 1.78. The summed E-state index contributed by atoms with van der Waals surface area (Å²) in [4.78, 5) is 8.27. The van der Waals surface area contributed by atoms with Crippen LogP contribution in [-0.4, -0.2) is 24.9 Å². The van der Waals surface area contributed by atoms with Gasteiger partial charge >= 0.3 is 0 Å². The first-order valence-electron chi connectivity index (χ1n) is 5.71. The summed E-state index contributed by atoms with van der Waals surface area (Å²) in [5, 5.41) is 14.7. The SMILES string of the molecule is Cc1nccc(C(O)c2c(Br)cnn2C(C)C)n1. The van der Waals surface area contributed by atoms with Gasteiger partial charge in [0.1, 0.15) is 11.9 Å². The zero-order chi connectivity index (χ0) is 13.3. The fourth-order valence-corrected chi connectivity index (χ4v) is 2.27. The molecule has 6 heteroatoms. The molecule has 0 fully saturated rings. The molecule has 0 radical (unpaired) electrons. The Kier molecular flexibility index (Phi) is 3.77. The van der Waals surface area contributed by atoms with E-state index in [2.05, 4.69) is 31.0 Å². The van der Waals surface area contributed by atoms with Crippen molar-refractivity contribution in [3.8, 4) is 0 Å². The van der Waals surface area contributed by atoms with Gasteiger partial charge in [0.05, 0.1) is 22.1 Å². The number of aliphatic hydroxyl groups excluding tert-OH is 1. The van der Waals surface area contributed by atoms with Gasteiger partial charge in [-0.2, -0.15) is 5.10 Å². The standard InChI is InChI=1S/C12H15BrN4O/c1-7(2)17-11(9(13)6-15-17)12(18)10-4-5-14-8(3)16-10/h4-7,12,18H,1-3H3. The van der Waals surface area contributed by atoms with Crippen LogP contribution >= 0.6 is 15.9 Å². The summed E-state index contributed by atoms with van der Waals surface area (Å²) >= 11 is 3.42. The first-order chi connectivity index (χ1) is 8.50. The van der Waals surface area contributed by atoms with Gasteiger partial charge < -0.3 is 5.11 Å². The minimum absolute atomic E-state index is 0.170. The molecule has 2 aromatic rings. The number of aromatic nitrogens is 4. The van der Waals surface area contributed by atoms with Crippen molar-refractivity contribution in [2.75, 3.05) is 0 Å². The van der Waals surface area contributed by atoms with Gasteiger partial charge in [-0.05, 0) is 42.8 Å². The molecule has 5 nitrogen and oxygen atoms in total. The van der Waals surface area contributed by atoms with E-state index in [0.29, 0.717) is 17.2 Å². The number of nitrogens with zero attached hydrogens (tertiary/aromatic N) is 4. The Hall–Kier alpha value is -1.27.